The Morgan fingerprint density at radius 3 is 2.69 bits per heavy atom. The highest BCUT2D eigenvalue weighted by molar-refractivity contribution is 5.75. The molecule has 1 atom stereocenters. The van der Waals surface area contributed by atoms with Crippen LogP contribution in [0.2, 0.25) is 0 Å². The summed E-state index contributed by atoms with van der Waals surface area (Å²) in [6.07, 6.45) is -0.600. The molecule has 6 nitrogen and oxygen atoms in total. The van der Waals surface area contributed by atoms with Crippen molar-refractivity contribution in [2.75, 3.05) is 13.2 Å². The molecular formula is C7H14N2O4. The Bertz CT molecular complexity index is 183. The zero-order valence-electron chi connectivity index (χ0n) is 7.45. The van der Waals surface area contributed by atoms with Crippen molar-refractivity contribution < 1.29 is 19.4 Å². The van der Waals surface area contributed by atoms with E-state index < -0.39 is 12.0 Å². The molecule has 0 aromatic carbocycles. The Labute approximate surface area is 76.0 Å². The Kier molecular flexibility index (Phi) is 5.62. The van der Waals surface area contributed by atoms with E-state index in [9.17, 15) is 9.59 Å². The van der Waals surface area contributed by atoms with Gasteiger partial charge in [-0.2, -0.15) is 0 Å². The van der Waals surface area contributed by atoms with E-state index >= 15 is 0 Å². The number of amides is 2. The number of alkyl carbamates (subject to hydrolysis) is 1. The fraction of sp³-hybridized carbons (Fsp3) is 0.714. The zero-order valence-corrected chi connectivity index (χ0v) is 7.45. The summed E-state index contributed by atoms with van der Waals surface area (Å²) in [5.41, 5.74) is 4.90. The van der Waals surface area contributed by atoms with Crippen LogP contribution in [0.15, 0.2) is 0 Å². The van der Waals surface area contributed by atoms with Gasteiger partial charge in [-0.15, -0.1) is 0 Å². The molecule has 0 aliphatic carbocycles. The summed E-state index contributed by atoms with van der Waals surface area (Å²) in [6, 6.07) is -0.358. The van der Waals surface area contributed by atoms with Gasteiger partial charge in [-0.05, 0) is 6.92 Å². The summed E-state index contributed by atoms with van der Waals surface area (Å²) in [4.78, 5) is 21.2. The van der Waals surface area contributed by atoms with Crippen LogP contribution in [0.1, 0.15) is 13.3 Å². The van der Waals surface area contributed by atoms with Crippen LogP contribution in [0.25, 0.3) is 0 Å². The summed E-state index contributed by atoms with van der Waals surface area (Å²) in [5.74, 6) is -0.491. The van der Waals surface area contributed by atoms with Gasteiger partial charge in [-0.1, -0.05) is 0 Å². The van der Waals surface area contributed by atoms with Crippen LogP contribution in [0, 0.1) is 0 Å². The fourth-order valence-corrected chi connectivity index (χ4v) is 0.734. The van der Waals surface area contributed by atoms with Gasteiger partial charge in [0.05, 0.1) is 6.61 Å². The number of ether oxygens (including phenoxy) is 1. The molecule has 13 heavy (non-hydrogen) atoms. The molecule has 0 aliphatic rings. The molecule has 6 heteroatoms. The predicted octanol–water partition coefficient (Wildman–Crippen LogP) is -1.03. The monoisotopic (exact) mass is 190 g/mol. The SMILES string of the molecule is CC(CC(N)=O)NC(=O)OCCO. The summed E-state index contributed by atoms with van der Waals surface area (Å²) in [7, 11) is 0. The third-order valence-electron chi connectivity index (χ3n) is 1.20. The van der Waals surface area contributed by atoms with Crippen molar-refractivity contribution in [1.82, 2.24) is 5.32 Å². The van der Waals surface area contributed by atoms with E-state index in [1.165, 1.54) is 0 Å². The Balaban J connectivity index is 3.59. The first kappa shape index (κ1) is 11.7. The number of aliphatic hydroxyl groups is 1. The second-order valence-electron chi connectivity index (χ2n) is 2.58. The minimum atomic E-state index is -0.664. The van der Waals surface area contributed by atoms with Gasteiger partial charge in [-0.3, -0.25) is 4.79 Å². The maximum absolute atomic E-state index is 10.8. The number of primary amides is 1. The fourth-order valence-electron chi connectivity index (χ4n) is 0.734. The molecule has 0 aliphatic heterocycles. The number of nitrogens with two attached hydrogens (primary N) is 1. The average molecular weight is 190 g/mol. The van der Waals surface area contributed by atoms with Gasteiger partial charge in [0.25, 0.3) is 0 Å². The molecule has 0 radical (unpaired) electrons. The molecule has 76 valence electrons. The third kappa shape index (κ3) is 7.07. The van der Waals surface area contributed by atoms with Crippen molar-refractivity contribution in [2.24, 2.45) is 5.73 Å². The van der Waals surface area contributed by atoms with E-state index in [0.717, 1.165) is 0 Å². The lowest BCUT2D eigenvalue weighted by Gasteiger charge is -2.11. The van der Waals surface area contributed by atoms with Crippen LogP contribution in [-0.4, -0.2) is 36.4 Å². The predicted molar refractivity (Wildman–Crippen MR) is 44.8 cm³/mol. The number of rotatable bonds is 5. The first-order valence-electron chi connectivity index (χ1n) is 3.88. The Morgan fingerprint density at radius 1 is 1.62 bits per heavy atom. The summed E-state index contributed by atoms with van der Waals surface area (Å²) in [6.45, 7) is 1.34. The van der Waals surface area contributed by atoms with Crippen molar-refractivity contribution in [3.05, 3.63) is 0 Å². The van der Waals surface area contributed by atoms with E-state index in [2.05, 4.69) is 10.1 Å². The standard InChI is InChI=1S/C7H14N2O4/c1-5(4-6(8)11)9-7(12)13-3-2-10/h5,10H,2-4H2,1H3,(H2,8,11)(H,9,12). The smallest absolute Gasteiger partial charge is 0.407 e. The Morgan fingerprint density at radius 2 is 2.23 bits per heavy atom. The number of hydrogen-bond acceptors (Lipinski definition) is 4. The number of aliphatic hydroxyl groups excluding tert-OH is 1. The molecule has 0 fully saturated rings. The number of carbonyl (C=O) groups excluding carboxylic acids is 2. The second kappa shape index (κ2) is 6.24. The van der Waals surface area contributed by atoms with E-state index in [1.807, 2.05) is 0 Å². The van der Waals surface area contributed by atoms with Crippen LogP contribution < -0.4 is 11.1 Å². The molecule has 0 aromatic heterocycles. The maximum atomic E-state index is 10.8. The molecule has 0 heterocycles. The molecule has 0 spiro atoms. The van der Waals surface area contributed by atoms with Crippen molar-refractivity contribution >= 4 is 12.0 Å². The van der Waals surface area contributed by atoms with Crippen LogP contribution in [0.5, 0.6) is 0 Å². The van der Waals surface area contributed by atoms with Gasteiger partial charge in [0, 0.05) is 12.5 Å². The number of nitrogens with one attached hydrogen (secondary N) is 1. The summed E-state index contributed by atoms with van der Waals surface area (Å²) >= 11 is 0. The van der Waals surface area contributed by atoms with Gasteiger partial charge in [0.2, 0.25) is 5.91 Å². The molecule has 0 aromatic rings. The largest absolute Gasteiger partial charge is 0.447 e. The molecule has 0 saturated carbocycles. The van der Waals surface area contributed by atoms with Gasteiger partial charge >= 0.3 is 6.09 Å². The van der Waals surface area contributed by atoms with Gasteiger partial charge < -0.3 is 20.9 Å². The topological polar surface area (TPSA) is 102 Å². The molecule has 0 saturated heterocycles. The van der Waals surface area contributed by atoms with E-state index in [1.54, 1.807) is 6.92 Å². The molecule has 1 unspecified atom stereocenters. The third-order valence-corrected chi connectivity index (χ3v) is 1.20. The zero-order chi connectivity index (χ0) is 10.3. The average Bonchev–Trinajstić information content (AvgIpc) is 1.98. The highest BCUT2D eigenvalue weighted by Gasteiger charge is 2.09. The van der Waals surface area contributed by atoms with Gasteiger partial charge in [0.1, 0.15) is 6.61 Å². The van der Waals surface area contributed by atoms with Crippen LogP contribution in [0.4, 0.5) is 4.79 Å². The number of hydrogen-bond donors (Lipinski definition) is 3. The molecule has 2 amide bonds. The van der Waals surface area contributed by atoms with E-state index in [4.69, 9.17) is 10.8 Å². The van der Waals surface area contributed by atoms with Crippen molar-refractivity contribution in [1.29, 1.82) is 0 Å². The first-order valence-corrected chi connectivity index (χ1v) is 3.88. The lowest BCUT2D eigenvalue weighted by Crippen LogP contribution is -2.36. The minimum absolute atomic E-state index is 0.0604. The van der Waals surface area contributed by atoms with Crippen LogP contribution >= 0.6 is 0 Å². The molecule has 0 rings (SSSR count). The van der Waals surface area contributed by atoms with E-state index in [0.29, 0.717) is 0 Å². The van der Waals surface area contributed by atoms with Crippen LogP contribution in [0.3, 0.4) is 0 Å². The summed E-state index contributed by atoms with van der Waals surface area (Å²) in [5, 5.41) is 10.7. The van der Waals surface area contributed by atoms with Gasteiger partial charge in [0.15, 0.2) is 0 Å². The molecule has 0 bridgehead atoms. The summed E-state index contributed by atoms with van der Waals surface area (Å²) < 4.78 is 4.49. The highest BCUT2D eigenvalue weighted by Crippen LogP contribution is 1.89. The van der Waals surface area contributed by atoms with Crippen molar-refractivity contribution in [3.63, 3.8) is 0 Å². The van der Waals surface area contributed by atoms with Crippen molar-refractivity contribution in [2.45, 2.75) is 19.4 Å². The Hall–Kier alpha value is -1.30. The molecular weight excluding hydrogens is 176 g/mol. The highest BCUT2D eigenvalue weighted by atomic mass is 16.6. The molecule has 4 N–H and O–H groups in total. The minimum Gasteiger partial charge on any atom is -0.447 e. The van der Waals surface area contributed by atoms with Crippen LogP contribution in [-0.2, 0) is 9.53 Å². The quantitative estimate of drug-likeness (QED) is 0.515. The first-order chi connectivity index (χ1) is 6.06. The lowest BCUT2D eigenvalue weighted by molar-refractivity contribution is -0.118. The van der Waals surface area contributed by atoms with Crippen molar-refractivity contribution in [3.8, 4) is 0 Å². The lowest BCUT2D eigenvalue weighted by atomic mass is 10.2. The second-order valence-corrected chi connectivity index (χ2v) is 2.58. The van der Waals surface area contributed by atoms with Gasteiger partial charge in [-0.25, -0.2) is 4.79 Å². The number of carbonyl (C=O) groups is 2. The maximum Gasteiger partial charge on any atom is 0.407 e. The van der Waals surface area contributed by atoms with E-state index in [-0.39, 0.29) is 25.7 Å². The normalized spacial score (nSPS) is 11.8.